The summed E-state index contributed by atoms with van der Waals surface area (Å²) < 4.78 is 76.5. The van der Waals surface area contributed by atoms with Crippen molar-refractivity contribution in [2.45, 2.75) is 24.6 Å². The Bertz CT molecular complexity index is 828. The Hall–Kier alpha value is -2.93. The van der Waals surface area contributed by atoms with E-state index in [1.54, 1.807) is 0 Å². The number of esters is 1. The van der Waals surface area contributed by atoms with E-state index in [2.05, 4.69) is 9.72 Å². The molecule has 0 fully saturated rings. The molecule has 0 saturated heterocycles. The summed E-state index contributed by atoms with van der Waals surface area (Å²) in [7, 11) is 1.10. The van der Waals surface area contributed by atoms with Crippen molar-refractivity contribution >= 4 is 5.97 Å². The average Bonchev–Trinajstić information content (AvgIpc) is 2.65. The van der Waals surface area contributed by atoms with E-state index in [4.69, 9.17) is 10.2 Å². The molecule has 0 bridgehead atoms. The minimum Gasteiger partial charge on any atom is -0.618 e. The van der Waals surface area contributed by atoms with Crippen LogP contribution in [-0.4, -0.2) is 40.6 Å². The van der Waals surface area contributed by atoms with Crippen LogP contribution in [-0.2, 0) is 4.74 Å². The van der Waals surface area contributed by atoms with Gasteiger partial charge >= 0.3 is 18.3 Å². The van der Waals surface area contributed by atoms with Gasteiger partial charge in [0.1, 0.15) is 0 Å². The zero-order chi connectivity index (χ0) is 22.4. The first-order valence-corrected chi connectivity index (χ1v) is 7.51. The second-order valence-electron chi connectivity index (χ2n) is 5.30. The lowest BCUT2D eigenvalue weighted by atomic mass is 10.1. The van der Waals surface area contributed by atoms with Crippen LogP contribution in [0.2, 0.25) is 0 Å². The largest absolute Gasteiger partial charge is 0.618 e. The molecule has 0 aliphatic carbocycles. The van der Waals surface area contributed by atoms with Crippen LogP contribution >= 0.6 is 0 Å². The van der Waals surface area contributed by atoms with E-state index in [1.807, 2.05) is 0 Å². The van der Waals surface area contributed by atoms with Crippen molar-refractivity contribution in [3.8, 4) is 0 Å². The molecule has 29 heavy (non-hydrogen) atoms. The van der Waals surface area contributed by atoms with Crippen LogP contribution in [0.15, 0.2) is 42.7 Å². The van der Waals surface area contributed by atoms with Gasteiger partial charge in [0.05, 0.1) is 18.4 Å². The lowest BCUT2D eigenvalue weighted by molar-refractivity contribution is -0.621. The van der Waals surface area contributed by atoms with Gasteiger partial charge in [-0.05, 0) is 18.2 Å². The van der Waals surface area contributed by atoms with Crippen molar-refractivity contribution in [3.05, 3.63) is 64.9 Å². The number of aromatic nitrogens is 2. The minimum atomic E-state index is -4.82. The highest BCUT2D eigenvalue weighted by molar-refractivity contribution is 5.89. The molecule has 2 N–H and O–H groups in total. The van der Waals surface area contributed by atoms with E-state index in [-0.39, 0.29) is 10.3 Å². The van der Waals surface area contributed by atoms with Gasteiger partial charge in [0.2, 0.25) is 11.8 Å². The molecule has 2 atom stereocenters. The van der Waals surface area contributed by atoms with Crippen LogP contribution in [0.4, 0.5) is 26.3 Å². The third kappa shape index (κ3) is 6.87. The van der Waals surface area contributed by atoms with Crippen LogP contribution in [0, 0.1) is 5.21 Å². The van der Waals surface area contributed by atoms with Crippen molar-refractivity contribution in [3.63, 3.8) is 0 Å². The molecule has 0 aliphatic rings. The number of hydrogen-bond acceptors (Lipinski definition) is 6. The second kappa shape index (κ2) is 9.52. The van der Waals surface area contributed by atoms with Gasteiger partial charge in [0, 0.05) is 18.3 Å². The monoisotopic (exact) mass is 428 g/mol. The summed E-state index contributed by atoms with van der Waals surface area (Å²) >= 11 is 0. The van der Waals surface area contributed by atoms with E-state index >= 15 is 0 Å². The van der Waals surface area contributed by atoms with E-state index in [1.165, 1.54) is 18.2 Å². The second-order valence-corrected chi connectivity index (χ2v) is 5.30. The van der Waals surface area contributed by atoms with Gasteiger partial charge in [0.15, 0.2) is 12.3 Å². The zero-order valence-electron chi connectivity index (χ0n) is 14.5. The number of hydrogen-bond donors (Lipinski definition) is 2. The number of pyridine rings is 2. The Morgan fingerprint density at radius 1 is 1.10 bits per heavy atom. The molecule has 0 spiro atoms. The number of carbonyl (C=O) groups excluding carboxylic acids is 1. The van der Waals surface area contributed by atoms with Crippen molar-refractivity contribution in [1.29, 1.82) is 0 Å². The Morgan fingerprint density at radius 3 is 2.17 bits per heavy atom. The Morgan fingerprint density at radius 2 is 1.69 bits per heavy atom. The van der Waals surface area contributed by atoms with Gasteiger partial charge in [-0.1, -0.05) is 0 Å². The normalized spacial score (nSPS) is 13.7. The molecule has 0 aromatic carbocycles. The average molecular weight is 428 g/mol. The predicted molar refractivity (Wildman–Crippen MR) is 83.0 cm³/mol. The number of methoxy groups -OCH3 is 1. The molecule has 2 rings (SSSR count). The van der Waals surface area contributed by atoms with Crippen LogP contribution < -0.4 is 4.73 Å². The molecule has 0 aliphatic heterocycles. The number of carbonyl (C=O) groups is 1. The standard InChI is InChI=1S/C9H8F3NO3.C7H6F3NO2/c1-16-8(15)5-2-3-13-6(4-5)7(14)9(10,11)12;8-7(9,10)6(12)5-3-1-2-4-11(5)13/h2-4,7,14H,1H3;1-4,6,12H. The quantitative estimate of drug-likeness (QED) is 0.337. The molecule has 0 radical (unpaired) electrons. The first-order valence-electron chi connectivity index (χ1n) is 7.51. The molecule has 0 saturated carbocycles. The zero-order valence-corrected chi connectivity index (χ0v) is 14.5. The molecule has 2 heterocycles. The highest BCUT2D eigenvalue weighted by Crippen LogP contribution is 2.31. The Labute approximate surface area is 159 Å². The summed E-state index contributed by atoms with van der Waals surface area (Å²) in [5, 5.41) is 28.4. The molecule has 2 unspecified atom stereocenters. The number of rotatable bonds is 3. The van der Waals surface area contributed by atoms with E-state index in [0.717, 1.165) is 31.6 Å². The van der Waals surface area contributed by atoms with Crippen LogP contribution in [0.5, 0.6) is 0 Å². The van der Waals surface area contributed by atoms with Gasteiger partial charge in [-0.25, -0.2) is 4.79 Å². The number of aliphatic hydroxyl groups is 2. The molecule has 2 aromatic heterocycles. The first-order chi connectivity index (χ1) is 13.3. The lowest BCUT2D eigenvalue weighted by Crippen LogP contribution is -2.37. The van der Waals surface area contributed by atoms with Gasteiger partial charge in [-0.3, -0.25) is 4.98 Å². The third-order valence-corrected chi connectivity index (χ3v) is 3.24. The number of ether oxygens (including phenoxy) is 1. The molecular formula is C16H14F6N2O5. The van der Waals surface area contributed by atoms with Crippen molar-refractivity contribution in [2.75, 3.05) is 7.11 Å². The van der Waals surface area contributed by atoms with Crippen LogP contribution in [0.3, 0.4) is 0 Å². The highest BCUT2D eigenvalue weighted by Gasteiger charge is 2.44. The maximum atomic E-state index is 12.1. The fraction of sp³-hybridized carbons (Fsp3) is 0.312. The molecule has 160 valence electrons. The SMILES string of the molecule is COC(=O)c1ccnc(C(O)C(F)(F)F)c1.[O-][n+]1ccccc1C(O)C(F)(F)F. The number of alkyl halides is 6. The number of nitrogens with zero attached hydrogens (tertiary/aromatic N) is 2. The maximum Gasteiger partial charge on any atom is 0.424 e. The topological polar surface area (TPSA) is 107 Å². The maximum absolute atomic E-state index is 12.1. The third-order valence-electron chi connectivity index (χ3n) is 3.24. The molecule has 13 heteroatoms. The summed E-state index contributed by atoms with van der Waals surface area (Å²) in [6.07, 6.45) is -13.2. The van der Waals surface area contributed by atoms with E-state index in [0.29, 0.717) is 0 Å². The summed E-state index contributed by atoms with van der Waals surface area (Å²) in [6.45, 7) is 0. The van der Waals surface area contributed by atoms with Crippen molar-refractivity contribution in [2.24, 2.45) is 0 Å². The fourth-order valence-corrected chi connectivity index (χ4v) is 1.83. The lowest BCUT2D eigenvalue weighted by Gasteiger charge is -2.13. The van der Waals surface area contributed by atoms with Crippen molar-refractivity contribution < 1.29 is 50.8 Å². The summed E-state index contributed by atoms with van der Waals surface area (Å²) in [5.41, 5.74) is -1.47. The summed E-state index contributed by atoms with van der Waals surface area (Å²) in [6, 6.07) is 5.48. The molecule has 2 aromatic rings. The highest BCUT2D eigenvalue weighted by atomic mass is 19.4. The van der Waals surface area contributed by atoms with Crippen molar-refractivity contribution in [1.82, 2.24) is 4.98 Å². The molecule has 7 nitrogen and oxygen atoms in total. The summed E-state index contributed by atoms with van der Waals surface area (Å²) in [4.78, 5) is 14.4. The smallest absolute Gasteiger partial charge is 0.424 e. The number of halogens is 6. The Kier molecular flexibility index (Phi) is 7.91. The van der Waals surface area contributed by atoms with Gasteiger partial charge in [-0.2, -0.15) is 31.1 Å². The van der Waals surface area contributed by atoms with Gasteiger partial charge in [0.25, 0.3) is 0 Å². The van der Waals surface area contributed by atoms with E-state index in [9.17, 15) is 36.3 Å². The van der Waals surface area contributed by atoms with Gasteiger partial charge in [-0.15, -0.1) is 0 Å². The summed E-state index contributed by atoms with van der Waals surface area (Å²) in [5.74, 6) is -0.793. The predicted octanol–water partition coefficient (Wildman–Crippen LogP) is 2.38. The van der Waals surface area contributed by atoms with E-state index < -0.39 is 41.9 Å². The number of aliphatic hydroxyl groups excluding tert-OH is 2. The fourth-order valence-electron chi connectivity index (χ4n) is 1.83. The molecular weight excluding hydrogens is 414 g/mol. The first kappa shape index (κ1) is 24.1. The minimum absolute atomic E-state index is 0.0157. The molecule has 0 amide bonds. The van der Waals surface area contributed by atoms with Gasteiger partial charge < -0.3 is 20.2 Å². The van der Waals surface area contributed by atoms with Crippen LogP contribution in [0.1, 0.15) is 34.0 Å². The Balaban J connectivity index is 0.000000296. The van der Waals surface area contributed by atoms with Crippen LogP contribution in [0.25, 0.3) is 0 Å².